The Hall–Kier alpha value is -0.830. The lowest BCUT2D eigenvalue weighted by molar-refractivity contribution is -0.121. The van der Waals surface area contributed by atoms with Crippen molar-refractivity contribution in [3.05, 3.63) is 35.9 Å². The van der Waals surface area contributed by atoms with E-state index >= 15 is 0 Å². The SMILES string of the molecule is O=C(CCCc1ccccc1)NCC1CCCC1Br. The molecule has 0 aromatic heterocycles. The molecule has 1 aromatic rings. The number of aryl methyl sites for hydroxylation is 1. The lowest BCUT2D eigenvalue weighted by atomic mass is 10.1. The Bertz CT molecular complexity index is 393. The molecule has 1 fully saturated rings. The van der Waals surface area contributed by atoms with Gasteiger partial charge in [-0.15, -0.1) is 0 Å². The van der Waals surface area contributed by atoms with Crippen LogP contribution in [0.15, 0.2) is 30.3 Å². The highest BCUT2D eigenvalue weighted by atomic mass is 79.9. The highest BCUT2D eigenvalue weighted by Gasteiger charge is 2.24. The van der Waals surface area contributed by atoms with E-state index in [1.54, 1.807) is 0 Å². The van der Waals surface area contributed by atoms with Crippen LogP contribution in [0.4, 0.5) is 0 Å². The average Bonchev–Trinajstić information content (AvgIpc) is 2.83. The lowest BCUT2D eigenvalue weighted by Crippen LogP contribution is -2.30. The van der Waals surface area contributed by atoms with Crippen LogP contribution >= 0.6 is 15.9 Å². The molecule has 1 aliphatic carbocycles. The zero-order chi connectivity index (χ0) is 13.5. The first-order valence-electron chi connectivity index (χ1n) is 7.20. The molecule has 0 spiro atoms. The third-order valence-corrected chi connectivity index (χ3v) is 5.05. The van der Waals surface area contributed by atoms with Crippen molar-refractivity contribution >= 4 is 21.8 Å². The number of carbonyl (C=O) groups excluding carboxylic acids is 1. The molecule has 0 bridgehead atoms. The molecule has 1 aromatic carbocycles. The first-order valence-corrected chi connectivity index (χ1v) is 8.12. The summed E-state index contributed by atoms with van der Waals surface area (Å²) in [4.78, 5) is 12.4. The van der Waals surface area contributed by atoms with E-state index in [0.29, 0.717) is 17.2 Å². The van der Waals surface area contributed by atoms with E-state index in [2.05, 4.69) is 33.4 Å². The van der Waals surface area contributed by atoms with Gasteiger partial charge in [-0.1, -0.05) is 52.7 Å². The Labute approximate surface area is 124 Å². The molecule has 3 heteroatoms. The van der Waals surface area contributed by atoms with E-state index in [9.17, 15) is 4.79 Å². The number of carbonyl (C=O) groups is 1. The van der Waals surface area contributed by atoms with Gasteiger partial charge in [-0.25, -0.2) is 0 Å². The van der Waals surface area contributed by atoms with Gasteiger partial charge in [0.05, 0.1) is 0 Å². The van der Waals surface area contributed by atoms with Crippen LogP contribution in [0.25, 0.3) is 0 Å². The fourth-order valence-electron chi connectivity index (χ4n) is 2.65. The Balaban J connectivity index is 1.59. The minimum atomic E-state index is 0.197. The van der Waals surface area contributed by atoms with Crippen LogP contribution < -0.4 is 5.32 Å². The maximum Gasteiger partial charge on any atom is 0.220 e. The van der Waals surface area contributed by atoms with E-state index in [1.165, 1.54) is 24.8 Å². The van der Waals surface area contributed by atoms with Crippen LogP contribution in [-0.4, -0.2) is 17.3 Å². The molecule has 0 aliphatic heterocycles. The summed E-state index contributed by atoms with van der Waals surface area (Å²) >= 11 is 3.69. The number of amides is 1. The van der Waals surface area contributed by atoms with Crippen molar-refractivity contribution in [2.75, 3.05) is 6.54 Å². The van der Waals surface area contributed by atoms with Crippen molar-refractivity contribution < 1.29 is 4.79 Å². The third-order valence-electron chi connectivity index (χ3n) is 3.84. The molecule has 2 rings (SSSR count). The van der Waals surface area contributed by atoms with Gasteiger partial charge in [-0.2, -0.15) is 0 Å². The number of rotatable bonds is 6. The molecule has 19 heavy (non-hydrogen) atoms. The van der Waals surface area contributed by atoms with E-state index in [-0.39, 0.29) is 5.91 Å². The summed E-state index contributed by atoms with van der Waals surface area (Å²) in [5.41, 5.74) is 1.31. The summed E-state index contributed by atoms with van der Waals surface area (Å²) < 4.78 is 0. The average molecular weight is 324 g/mol. The van der Waals surface area contributed by atoms with Gasteiger partial charge in [0.15, 0.2) is 0 Å². The molecule has 2 unspecified atom stereocenters. The minimum Gasteiger partial charge on any atom is -0.356 e. The molecular weight excluding hydrogens is 302 g/mol. The predicted molar refractivity (Wildman–Crippen MR) is 82.4 cm³/mol. The van der Waals surface area contributed by atoms with Crippen LogP contribution in [0, 0.1) is 5.92 Å². The number of hydrogen-bond acceptors (Lipinski definition) is 1. The molecule has 104 valence electrons. The smallest absolute Gasteiger partial charge is 0.220 e. The Morgan fingerprint density at radius 3 is 2.74 bits per heavy atom. The van der Waals surface area contributed by atoms with E-state index in [1.807, 2.05) is 18.2 Å². The fourth-order valence-corrected chi connectivity index (χ4v) is 3.43. The van der Waals surface area contributed by atoms with Gasteiger partial charge >= 0.3 is 0 Å². The molecule has 0 heterocycles. The second-order valence-electron chi connectivity index (χ2n) is 5.35. The quantitative estimate of drug-likeness (QED) is 0.795. The van der Waals surface area contributed by atoms with Crippen LogP contribution in [0.3, 0.4) is 0 Å². The number of halogens is 1. The topological polar surface area (TPSA) is 29.1 Å². The summed E-state index contributed by atoms with van der Waals surface area (Å²) in [6.07, 6.45) is 6.31. The number of benzene rings is 1. The van der Waals surface area contributed by atoms with Crippen molar-refractivity contribution in [3.8, 4) is 0 Å². The van der Waals surface area contributed by atoms with Crippen molar-refractivity contribution in [2.24, 2.45) is 5.92 Å². The molecule has 1 N–H and O–H groups in total. The largest absolute Gasteiger partial charge is 0.356 e. The van der Waals surface area contributed by atoms with Gasteiger partial charge in [0, 0.05) is 17.8 Å². The van der Waals surface area contributed by atoms with Gasteiger partial charge in [0.1, 0.15) is 0 Å². The Morgan fingerprint density at radius 1 is 1.26 bits per heavy atom. The maximum absolute atomic E-state index is 11.8. The Morgan fingerprint density at radius 2 is 2.05 bits per heavy atom. The van der Waals surface area contributed by atoms with E-state index in [4.69, 9.17) is 0 Å². The monoisotopic (exact) mass is 323 g/mol. The zero-order valence-corrected chi connectivity index (χ0v) is 12.9. The number of nitrogens with one attached hydrogen (secondary N) is 1. The van der Waals surface area contributed by atoms with Crippen LogP contribution in [0.5, 0.6) is 0 Å². The second-order valence-corrected chi connectivity index (χ2v) is 6.53. The first-order chi connectivity index (χ1) is 9.25. The van der Waals surface area contributed by atoms with E-state index in [0.717, 1.165) is 19.4 Å². The predicted octanol–water partition coefficient (Wildman–Crippen LogP) is 3.69. The molecular formula is C16H22BrNO. The molecule has 2 atom stereocenters. The van der Waals surface area contributed by atoms with Crippen LogP contribution in [0.2, 0.25) is 0 Å². The second kappa shape index (κ2) is 7.68. The molecule has 1 aliphatic rings. The van der Waals surface area contributed by atoms with Crippen LogP contribution in [0.1, 0.15) is 37.7 Å². The molecule has 0 radical (unpaired) electrons. The summed E-state index contributed by atoms with van der Waals surface area (Å²) in [6.45, 7) is 0.833. The summed E-state index contributed by atoms with van der Waals surface area (Å²) in [5.74, 6) is 0.820. The molecule has 1 saturated carbocycles. The zero-order valence-electron chi connectivity index (χ0n) is 11.3. The summed E-state index contributed by atoms with van der Waals surface area (Å²) in [6, 6.07) is 10.4. The molecule has 1 amide bonds. The number of hydrogen-bond donors (Lipinski definition) is 1. The normalized spacial score (nSPS) is 22.4. The first kappa shape index (κ1) is 14.6. The molecule has 2 nitrogen and oxygen atoms in total. The van der Waals surface area contributed by atoms with Gasteiger partial charge < -0.3 is 5.32 Å². The van der Waals surface area contributed by atoms with Gasteiger partial charge in [-0.3, -0.25) is 4.79 Å². The third kappa shape index (κ3) is 4.98. The van der Waals surface area contributed by atoms with Crippen molar-refractivity contribution in [1.29, 1.82) is 0 Å². The van der Waals surface area contributed by atoms with Crippen LogP contribution in [-0.2, 0) is 11.2 Å². The highest BCUT2D eigenvalue weighted by Crippen LogP contribution is 2.30. The lowest BCUT2D eigenvalue weighted by Gasteiger charge is -2.14. The maximum atomic E-state index is 11.8. The van der Waals surface area contributed by atoms with Gasteiger partial charge in [0.25, 0.3) is 0 Å². The van der Waals surface area contributed by atoms with E-state index < -0.39 is 0 Å². The van der Waals surface area contributed by atoms with Gasteiger partial charge in [-0.05, 0) is 37.2 Å². The van der Waals surface area contributed by atoms with Crippen molar-refractivity contribution in [1.82, 2.24) is 5.32 Å². The fraction of sp³-hybridized carbons (Fsp3) is 0.562. The summed E-state index contributed by atoms with van der Waals surface area (Å²) in [7, 11) is 0. The van der Waals surface area contributed by atoms with Crippen molar-refractivity contribution in [3.63, 3.8) is 0 Å². The highest BCUT2D eigenvalue weighted by molar-refractivity contribution is 9.09. The summed E-state index contributed by atoms with van der Waals surface area (Å²) in [5, 5.41) is 3.07. The van der Waals surface area contributed by atoms with Gasteiger partial charge in [0.2, 0.25) is 5.91 Å². The molecule has 0 saturated heterocycles. The minimum absolute atomic E-state index is 0.197. The Kier molecular flexibility index (Phi) is 5.90. The standard InChI is InChI=1S/C16H22BrNO/c17-15-10-5-9-14(15)12-18-16(19)11-4-8-13-6-2-1-3-7-13/h1-3,6-7,14-15H,4-5,8-12H2,(H,18,19). The van der Waals surface area contributed by atoms with Crippen molar-refractivity contribution in [2.45, 2.75) is 43.4 Å². The number of alkyl halides is 1.